The molecule has 0 bridgehead atoms. The fourth-order valence-electron chi connectivity index (χ4n) is 1.88. The van der Waals surface area contributed by atoms with E-state index in [-0.39, 0.29) is 11.3 Å². The van der Waals surface area contributed by atoms with Gasteiger partial charge in [0, 0.05) is 24.7 Å². The Kier molecular flexibility index (Phi) is 7.48. The Balaban J connectivity index is 3.17. The van der Waals surface area contributed by atoms with Gasteiger partial charge in [-0.1, -0.05) is 0 Å². The van der Waals surface area contributed by atoms with Gasteiger partial charge in [0.2, 0.25) is 0 Å². The molecule has 0 radical (unpaired) electrons. The maximum Gasteiger partial charge on any atom is 0.415 e. The summed E-state index contributed by atoms with van der Waals surface area (Å²) in [6.07, 6.45) is 2.06. The van der Waals surface area contributed by atoms with Gasteiger partial charge in [-0.05, 0) is 38.1 Å². The molecule has 1 rings (SSSR count). The first-order valence-electron chi connectivity index (χ1n) is 7.41. The van der Waals surface area contributed by atoms with Crippen molar-refractivity contribution < 1.29 is 28.6 Å². The maximum absolute atomic E-state index is 12.1. The second kappa shape index (κ2) is 9.34. The van der Waals surface area contributed by atoms with Crippen LogP contribution in [0.3, 0.4) is 0 Å². The van der Waals surface area contributed by atoms with Gasteiger partial charge in [-0.15, -0.1) is 0 Å². The molecular formula is C17H21NO6. The maximum atomic E-state index is 12.1. The van der Waals surface area contributed by atoms with Crippen LogP contribution in [0, 0.1) is 0 Å². The van der Waals surface area contributed by atoms with E-state index in [1.807, 2.05) is 13.8 Å². The number of hydrogen-bond donors (Lipinski definition) is 0. The number of carbonyl (C=O) groups is 3. The number of methoxy groups -OCH3 is 2. The highest BCUT2D eigenvalue weighted by atomic mass is 16.6. The Bertz CT molecular complexity index is 634. The monoisotopic (exact) mass is 335 g/mol. The van der Waals surface area contributed by atoms with Crippen LogP contribution in [0.15, 0.2) is 24.3 Å². The second-order valence-corrected chi connectivity index (χ2v) is 4.64. The van der Waals surface area contributed by atoms with Gasteiger partial charge in [-0.25, -0.2) is 14.4 Å². The Morgan fingerprint density at radius 2 is 1.75 bits per heavy atom. The molecule has 0 atom stereocenters. The van der Waals surface area contributed by atoms with E-state index in [2.05, 4.69) is 9.47 Å². The van der Waals surface area contributed by atoms with Crippen LogP contribution in [0.5, 0.6) is 5.75 Å². The fourth-order valence-corrected chi connectivity index (χ4v) is 1.88. The SMILES string of the molecule is CCN(CC)C(=O)Oc1ccc(C(=O)OC)cc1/C=C/C(=O)OC. The summed E-state index contributed by atoms with van der Waals surface area (Å²) in [5.74, 6) is -0.886. The van der Waals surface area contributed by atoms with Gasteiger partial charge in [0.15, 0.2) is 0 Å². The van der Waals surface area contributed by atoms with Gasteiger partial charge in [0.1, 0.15) is 5.75 Å². The van der Waals surface area contributed by atoms with Gasteiger partial charge >= 0.3 is 18.0 Å². The Morgan fingerprint density at radius 3 is 2.29 bits per heavy atom. The number of esters is 2. The summed E-state index contributed by atoms with van der Waals surface area (Å²) in [5.41, 5.74) is 0.647. The van der Waals surface area contributed by atoms with Crippen molar-refractivity contribution in [2.45, 2.75) is 13.8 Å². The lowest BCUT2D eigenvalue weighted by Gasteiger charge is -2.18. The van der Waals surface area contributed by atoms with Crippen LogP contribution in [0.2, 0.25) is 0 Å². The van der Waals surface area contributed by atoms with Crippen molar-refractivity contribution in [1.82, 2.24) is 4.90 Å². The van der Waals surface area contributed by atoms with Crippen LogP contribution in [-0.2, 0) is 14.3 Å². The van der Waals surface area contributed by atoms with Crippen molar-refractivity contribution >= 4 is 24.1 Å². The predicted molar refractivity (Wildman–Crippen MR) is 87.8 cm³/mol. The van der Waals surface area contributed by atoms with Crippen LogP contribution in [0.4, 0.5) is 4.79 Å². The summed E-state index contributed by atoms with van der Waals surface area (Å²) >= 11 is 0. The third-order valence-electron chi connectivity index (χ3n) is 3.25. The molecule has 7 nitrogen and oxygen atoms in total. The molecule has 24 heavy (non-hydrogen) atoms. The molecule has 0 aliphatic heterocycles. The van der Waals surface area contributed by atoms with Crippen LogP contribution in [-0.4, -0.2) is 50.2 Å². The number of hydrogen-bond acceptors (Lipinski definition) is 6. The summed E-state index contributed by atoms with van der Waals surface area (Å²) in [5, 5.41) is 0. The lowest BCUT2D eigenvalue weighted by Crippen LogP contribution is -2.33. The van der Waals surface area contributed by atoms with E-state index in [1.54, 1.807) is 0 Å². The Labute approximate surface area is 140 Å². The third kappa shape index (κ3) is 5.12. The molecule has 7 heteroatoms. The molecule has 0 unspecified atom stereocenters. The number of nitrogens with zero attached hydrogens (tertiary/aromatic N) is 1. The van der Waals surface area contributed by atoms with Crippen LogP contribution >= 0.6 is 0 Å². The van der Waals surface area contributed by atoms with E-state index in [0.29, 0.717) is 18.7 Å². The average Bonchev–Trinajstić information content (AvgIpc) is 2.60. The van der Waals surface area contributed by atoms with Gasteiger partial charge in [0.05, 0.1) is 19.8 Å². The highest BCUT2D eigenvalue weighted by molar-refractivity contribution is 5.92. The molecule has 0 heterocycles. The molecular weight excluding hydrogens is 314 g/mol. The van der Waals surface area contributed by atoms with Gasteiger partial charge in [-0.2, -0.15) is 0 Å². The number of benzene rings is 1. The van der Waals surface area contributed by atoms with Gasteiger partial charge in [-0.3, -0.25) is 0 Å². The minimum atomic E-state index is -0.570. The molecule has 130 valence electrons. The minimum absolute atomic E-state index is 0.222. The first-order chi connectivity index (χ1) is 11.5. The smallest absolute Gasteiger partial charge is 0.415 e. The Morgan fingerprint density at radius 1 is 1.08 bits per heavy atom. The van der Waals surface area contributed by atoms with Gasteiger partial charge in [0.25, 0.3) is 0 Å². The Hall–Kier alpha value is -2.83. The van der Waals surface area contributed by atoms with Crippen molar-refractivity contribution in [3.05, 3.63) is 35.4 Å². The molecule has 1 aromatic carbocycles. The molecule has 0 aromatic heterocycles. The summed E-state index contributed by atoms with van der Waals surface area (Å²) in [6, 6.07) is 4.42. The van der Waals surface area contributed by atoms with Crippen molar-refractivity contribution in [1.29, 1.82) is 0 Å². The zero-order valence-corrected chi connectivity index (χ0v) is 14.2. The van der Waals surface area contributed by atoms with Crippen molar-refractivity contribution in [3.63, 3.8) is 0 Å². The third-order valence-corrected chi connectivity index (χ3v) is 3.25. The fraction of sp³-hybridized carbons (Fsp3) is 0.353. The summed E-state index contributed by atoms with van der Waals surface area (Å²) in [7, 11) is 2.51. The zero-order chi connectivity index (χ0) is 18.1. The highest BCUT2D eigenvalue weighted by Gasteiger charge is 2.16. The zero-order valence-electron chi connectivity index (χ0n) is 14.2. The van der Waals surface area contributed by atoms with Crippen LogP contribution in [0.25, 0.3) is 6.08 Å². The molecule has 1 amide bonds. The predicted octanol–water partition coefficient (Wildman–Crippen LogP) is 2.50. The number of amides is 1. The summed E-state index contributed by atoms with van der Waals surface area (Å²) < 4.78 is 14.5. The van der Waals surface area contributed by atoms with Crippen molar-refractivity contribution in [2.75, 3.05) is 27.3 Å². The number of rotatable bonds is 6. The molecule has 0 N–H and O–H groups in total. The van der Waals surface area contributed by atoms with E-state index >= 15 is 0 Å². The van der Waals surface area contributed by atoms with E-state index in [0.717, 1.165) is 0 Å². The molecule has 0 saturated heterocycles. The molecule has 0 fully saturated rings. The summed E-state index contributed by atoms with van der Waals surface area (Å²) in [6.45, 7) is 4.68. The second-order valence-electron chi connectivity index (χ2n) is 4.64. The van der Waals surface area contributed by atoms with Crippen LogP contribution < -0.4 is 4.74 Å². The topological polar surface area (TPSA) is 82.1 Å². The number of ether oxygens (including phenoxy) is 3. The first-order valence-corrected chi connectivity index (χ1v) is 7.41. The van der Waals surface area contributed by atoms with Crippen molar-refractivity contribution in [2.24, 2.45) is 0 Å². The lowest BCUT2D eigenvalue weighted by molar-refractivity contribution is -0.134. The van der Waals surface area contributed by atoms with E-state index in [9.17, 15) is 14.4 Å². The van der Waals surface area contributed by atoms with Crippen molar-refractivity contribution in [3.8, 4) is 5.75 Å². The van der Waals surface area contributed by atoms with Gasteiger partial charge < -0.3 is 19.1 Å². The lowest BCUT2D eigenvalue weighted by atomic mass is 10.1. The summed E-state index contributed by atoms with van der Waals surface area (Å²) in [4.78, 5) is 36.5. The largest absolute Gasteiger partial charge is 0.466 e. The quantitative estimate of drug-likeness (QED) is 0.587. The normalized spacial score (nSPS) is 10.3. The van der Waals surface area contributed by atoms with E-state index in [4.69, 9.17) is 4.74 Å². The minimum Gasteiger partial charge on any atom is -0.466 e. The standard InChI is InChI=1S/C17H21NO6/c1-5-18(6-2)17(21)24-14-9-7-13(16(20)23-4)11-12(14)8-10-15(19)22-3/h7-11H,5-6H2,1-4H3/b10-8+. The first kappa shape index (κ1) is 19.2. The van der Waals surface area contributed by atoms with E-state index in [1.165, 1.54) is 49.5 Å². The average molecular weight is 335 g/mol. The molecule has 0 aliphatic rings. The van der Waals surface area contributed by atoms with E-state index < -0.39 is 18.0 Å². The molecule has 0 saturated carbocycles. The molecule has 0 aliphatic carbocycles. The molecule has 0 spiro atoms. The molecule has 1 aromatic rings. The number of carbonyl (C=O) groups excluding carboxylic acids is 3. The highest BCUT2D eigenvalue weighted by Crippen LogP contribution is 2.23. The van der Waals surface area contributed by atoms with Crippen LogP contribution in [0.1, 0.15) is 29.8 Å².